The normalized spacial score (nSPS) is 24.4. The zero-order valence-corrected chi connectivity index (χ0v) is 12.3. The molecule has 0 aliphatic heterocycles. The Bertz CT molecular complexity index is 613. The number of nitrogen functional groups attached to an aromatic ring is 1. The molecule has 1 aromatic carbocycles. The van der Waals surface area contributed by atoms with E-state index in [2.05, 4.69) is 23.8 Å². The van der Waals surface area contributed by atoms with Crippen molar-refractivity contribution in [3.8, 4) is 0 Å². The van der Waals surface area contributed by atoms with Gasteiger partial charge in [-0.15, -0.1) is 0 Å². The largest absolute Gasteiger partial charge is 0.369 e. The minimum atomic E-state index is 0.146. The highest BCUT2D eigenvalue weighted by Gasteiger charge is 2.59. The summed E-state index contributed by atoms with van der Waals surface area (Å²) in [6.45, 7) is 4.46. The number of H-pyrrole nitrogens is 1. The van der Waals surface area contributed by atoms with Crippen LogP contribution in [0.3, 0.4) is 0 Å². The summed E-state index contributed by atoms with van der Waals surface area (Å²) in [7, 11) is 0. The van der Waals surface area contributed by atoms with Crippen LogP contribution >= 0.6 is 23.2 Å². The summed E-state index contributed by atoms with van der Waals surface area (Å²) in [4.78, 5) is 7.20. The average Bonchev–Trinajstić information content (AvgIpc) is 2.63. The molecule has 2 atom stereocenters. The van der Waals surface area contributed by atoms with Crippen molar-refractivity contribution in [2.24, 2.45) is 5.41 Å². The molecular weight excluding hydrogens is 281 g/mol. The summed E-state index contributed by atoms with van der Waals surface area (Å²) in [5.74, 6) is 1.20. The molecule has 1 aliphatic rings. The van der Waals surface area contributed by atoms with Gasteiger partial charge in [0, 0.05) is 21.7 Å². The molecule has 19 heavy (non-hydrogen) atoms. The van der Waals surface area contributed by atoms with E-state index in [0.29, 0.717) is 27.8 Å². The Kier molecular flexibility index (Phi) is 2.80. The van der Waals surface area contributed by atoms with Crippen LogP contribution in [0.1, 0.15) is 36.9 Å². The van der Waals surface area contributed by atoms with Crippen molar-refractivity contribution in [2.45, 2.75) is 25.7 Å². The summed E-state index contributed by atoms with van der Waals surface area (Å²) < 4.78 is 0. The molecule has 5 heteroatoms. The van der Waals surface area contributed by atoms with Crippen molar-refractivity contribution >= 4 is 29.2 Å². The fourth-order valence-electron chi connectivity index (χ4n) is 3.10. The first-order valence-corrected chi connectivity index (χ1v) is 6.91. The van der Waals surface area contributed by atoms with Gasteiger partial charge in [-0.25, -0.2) is 4.98 Å². The summed E-state index contributed by atoms with van der Waals surface area (Å²) in [6.07, 6.45) is 1.81. The molecule has 3 N–H and O–H groups in total. The number of hydrogen-bond donors (Lipinski definition) is 2. The van der Waals surface area contributed by atoms with E-state index in [1.807, 2.05) is 18.3 Å². The van der Waals surface area contributed by atoms with Gasteiger partial charge >= 0.3 is 0 Å². The van der Waals surface area contributed by atoms with Gasteiger partial charge in [-0.2, -0.15) is 0 Å². The fourth-order valence-corrected chi connectivity index (χ4v) is 3.65. The van der Waals surface area contributed by atoms with Gasteiger partial charge in [0.2, 0.25) is 0 Å². The van der Waals surface area contributed by atoms with Crippen LogP contribution in [0.4, 0.5) is 5.95 Å². The Morgan fingerprint density at radius 3 is 2.32 bits per heavy atom. The van der Waals surface area contributed by atoms with Gasteiger partial charge in [0.1, 0.15) is 0 Å². The van der Waals surface area contributed by atoms with Crippen LogP contribution in [0.5, 0.6) is 0 Å². The Labute approximate surface area is 122 Å². The lowest BCUT2D eigenvalue weighted by molar-refractivity contribution is 0.598. The second-order valence-electron chi connectivity index (χ2n) is 5.70. The van der Waals surface area contributed by atoms with E-state index in [-0.39, 0.29) is 5.41 Å². The number of rotatable bonds is 2. The van der Waals surface area contributed by atoms with Crippen molar-refractivity contribution in [3.63, 3.8) is 0 Å². The second-order valence-corrected chi connectivity index (χ2v) is 6.58. The Hall–Kier alpha value is -1.19. The smallest absolute Gasteiger partial charge is 0.197 e. The highest BCUT2D eigenvalue weighted by Crippen LogP contribution is 2.69. The van der Waals surface area contributed by atoms with Gasteiger partial charge in [0.05, 0.1) is 6.20 Å². The second kappa shape index (κ2) is 4.15. The molecule has 1 aliphatic carbocycles. The summed E-state index contributed by atoms with van der Waals surface area (Å²) in [5.41, 5.74) is 8.04. The first kappa shape index (κ1) is 12.8. The van der Waals surface area contributed by atoms with E-state index in [1.54, 1.807) is 6.07 Å². The molecule has 1 fully saturated rings. The van der Waals surface area contributed by atoms with Gasteiger partial charge < -0.3 is 10.7 Å². The van der Waals surface area contributed by atoms with Crippen LogP contribution in [0, 0.1) is 5.41 Å². The Morgan fingerprint density at radius 2 is 1.79 bits per heavy atom. The average molecular weight is 296 g/mol. The molecule has 3 nitrogen and oxygen atoms in total. The molecule has 3 rings (SSSR count). The third-order valence-electron chi connectivity index (χ3n) is 4.02. The van der Waals surface area contributed by atoms with Crippen LogP contribution in [0.15, 0.2) is 24.4 Å². The number of nitrogens with one attached hydrogen (secondary N) is 1. The van der Waals surface area contributed by atoms with Crippen molar-refractivity contribution < 1.29 is 0 Å². The number of hydrogen-bond acceptors (Lipinski definition) is 2. The summed E-state index contributed by atoms with van der Waals surface area (Å²) in [5, 5.41) is 1.35. The molecule has 0 saturated heterocycles. The highest BCUT2D eigenvalue weighted by molar-refractivity contribution is 6.34. The number of imidazole rings is 1. The zero-order valence-electron chi connectivity index (χ0n) is 10.7. The van der Waals surface area contributed by atoms with Gasteiger partial charge in [-0.05, 0) is 35.1 Å². The van der Waals surface area contributed by atoms with Crippen molar-refractivity contribution in [1.29, 1.82) is 0 Å². The number of halogens is 2. The van der Waals surface area contributed by atoms with Gasteiger partial charge in [0.25, 0.3) is 0 Å². The predicted octanol–water partition coefficient (Wildman–Crippen LogP) is 4.21. The highest BCUT2D eigenvalue weighted by atomic mass is 35.5. The maximum absolute atomic E-state index is 6.09. The number of anilines is 1. The van der Waals surface area contributed by atoms with E-state index in [1.165, 1.54) is 5.56 Å². The monoisotopic (exact) mass is 295 g/mol. The van der Waals surface area contributed by atoms with E-state index in [9.17, 15) is 0 Å². The van der Waals surface area contributed by atoms with Gasteiger partial charge in [-0.3, -0.25) is 0 Å². The predicted molar refractivity (Wildman–Crippen MR) is 78.7 cm³/mol. The number of nitrogens with two attached hydrogens (primary N) is 1. The number of aromatic nitrogens is 2. The van der Waals surface area contributed by atoms with Crippen LogP contribution < -0.4 is 5.73 Å². The van der Waals surface area contributed by atoms with Gasteiger partial charge in [0.15, 0.2) is 5.95 Å². The van der Waals surface area contributed by atoms with Gasteiger partial charge in [-0.1, -0.05) is 37.0 Å². The molecule has 0 radical (unpaired) electrons. The maximum Gasteiger partial charge on any atom is 0.197 e. The van der Waals surface area contributed by atoms with Crippen LogP contribution in [-0.2, 0) is 0 Å². The molecule has 0 spiro atoms. The lowest BCUT2D eigenvalue weighted by Gasteiger charge is -2.04. The third kappa shape index (κ3) is 2.11. The SMILES string of the molecule is CC1(C)[C@H](c2cc(Cl)cc(Cl)c2)[C@H]1c1cnc(N)[nH]1. The first-order chi connectivity index (χ1) is 8.89. The van der Waals surface area contributed by atoms with Crippen LogP contribution in [0.2, 0.25) is 10.0 Å². The molecule has 1 aromatic heterocycles. The fraction of sp³-hybridized carbons (Fsp3) is 0.357. The number of nitrogens with zero attached hydrogens (tertiary/aromatic N) is 1. The Morgan fingerprint density at radius 1 is 1.16 bits per heavy atom. The standard InChI is InChI=1S/C14H15Cl2N3/c1-14(2)11(7-3-8(15)5-9(16)4-7)12(14)10-6-18-13(17)19-10/h3-6,11-12H,1-2H3,(H3,17,18,19)/t11-,12-/m1/s1. The summed E-state index contributed by atoms with van der Waals surface area (Å²) >= 11 is 12.2. The molecule has 2 aromatic rings. The minimum absolute atomic E-state index is 0.146. The molecule has 1 heterocycles. The van der Waals surface area contributed by atoms with E-state index >= 15 is 0 Å². The van der Waals surface area contributed by atoms with Crippen molar-refractivity contribution in [3.05, 3.63) is 45.7 Å². The number of aromatic amines is 1. The zero-order chi connectivity index (χ0) is 13.8. The lowest BCUT2D eigenvalue weighted by Crippen LogP contribution is -1.91. The third-order valence-corrected chi connectivity index (χ3v) is 4.46. The van der Waals surface area contributed by atoms with Crippen LogP contribution in [0.25, 0.3) is 0 Å². The quantitative estimate of drug-likeness (QED) is 0.872. The van der Waals surface area contributed by atoms with Crippen molar-refractivity contribution in [2.75, 3.05) is 5.73 Å². The molecule has 0 amide bonds. The van der Waals surface area contributed by atoms with E-state index in [4.69, 9.17) is 28.9 Å². The molecule has 0 bridgehead atoms. The Balaban J connectivity index is 1.98. The first-order valence-electron chi connectivity index (χ1n) is 6.16. The minimum Gasteiger partial charge on any atom is -0.369 e. The molecular formula is C14H15Cl2N3. The number of benzene rings is 1. The van der Waals surface area contributed by atoms with E-state index < -0.39 is 0 Å². The van der Waals surface area contributed by atoms with Crippen LogP contribution in [-0.4, -0.2) is 9.97 Å². The topological polar surface area (TPSA) is 54.7 Å². The molecule has 100 valence electrons. The molecule has 0 unspecified atom stereocenters. The lowest BCUT2D eigenvalue weighted by atomic mass is 10.0. The molecule has 1 saturated carbocycles. The van der Waals surface area contributed by atoms with E-state index in [0.717, 1.165) is 5.69 Å². The summed E-state index contributed by atoms with van der Waals surface area (Å²) in [6, 6.07) is 5.73. The van der Waals surface area contributed by atoms with Crippen molar-refractivity contribution in [1.82, 2.24) is 9.97 Å². The maximum atomic E-state index is 6.09.